The van der Waals surface area contributed by atoms with Crippen molar-refractivity contribution in [2.45, 2.75) is 19.8 Å². The van der Waals surface area contributed by atoms with Crippen LogP contribution in [0.4, 0.5) is 0 Å². The van der Waals surface area contributed by atoms with E-state index in [9.17, 15) is 4.79 Å². The quantitative estimate of drug-likeness (QED) is 0.706. The molecule has 0 bridgehead atoms. The van der Waals surface area contributed by atoms with Crippen LogP contribution in [-0.4, -0.2) is 21.0 Å². The molecule has 1 unspecified atom stereocenters. The Balaban J connectivity index is 2.54. The summed E-state index contributed by atoms with van der Waals surface area (Å²) in [4.78, 5) is 17.3. The highest BCUT2D eigenvalue weighted by molar-refractivity contribution is 5.70. The van der Waals surface area contributed by atoms with E-state index in [1.807, 2.05) is 6.92 Å². The lowest BCUT2D eigenvalue weighted by molar-refractivity contribution is -0.141. The molecule has 1 atom stereocenters. The maximum atomic E-state index is 10.6. The van der Waals surface area contributed by atoms with Crippen molar-refractivity contribution in [3.05, 3.63) is 18.2 Å². The molecule has 0 aromatic carbocycles. The predicted octanol–water partition coefficient (Wildman–Crippen LogP) is 1.06. The van der Waals surface area contributed by atoms with Crippen LogP contribution in [0, 0.1) is 5.92 Å². The van der Waals surface area contributed by atoms with Crippen molar-refractivity contribution >= 4 is 5.97 Å². The Labute approximate surface area is 70.6 Å². The second-order valence-electron chi connectivity index (χ2n) is 2.72. The van der Waals surface area contributed by atoms with Crippen molar-refractivity contribution in [2.75, 3.05) is 0 Å². The minimum Gasteiger partial charge on any atom is -0.481 e. The molecule has 0 aliphatic rings. The molecule has 4 nitrogen and oxygen atoms in total. The van der Waals surface area contributed by atoms with Crippen LogP contribution in [0.15, 0.2) is 12.5 Å². The summed E-state index contributed by atoms with van der Waals surface area (Å²) in [6.45, 7) is 1.87. The molecule has 12 heavy (non-hydrogen) atoms. The molecule has 0 aliphatic carbocycles. The fourth-order valence-corrected chi connectivity index (χ4v) is 1.07. The largest absolute Gasteiger partial charge is 0.481 e. The second-order valence-corrected chi connectivity index (χ2v) is 2.72. The number of rotatable bonds is 4. The molecule has 0 fully saturated rings. The van der Waals surface area contributed by atoms with E-state index >= 15 is 0 Å². The molecule has 0 saturated heterocycles. The van der Waals surface area contributed by atoms with Gasteiger partial charge in [0, 0.05) is 18.3 Å². The molecular weight excluding hydrogens is 156 g/mol. The molecule has 0 spiro atoms. The second kappa shape index (κ2) is 3.90. The zero-order valence-electron chi connectivity index (χ0n) is 6.95. The van der Waals surface area contributed by atoms with Crippen LogP contribution in [0.3, 0.4) is 0 Å². The Morgan fingerprint density at radius 1 is 1.83 bits per heavy atom. The summed E-state index contributed by atoms with van der Waals surface area (Å²) in [6.07, 6.45) is 4.40. The fraction of sp³-hybridized carbons (Fsp3) is 0.500. The van der Waals surface area contributed by atoms with Crippen molar-refractivity contribution in [1.29, 1.82) is 0 Å². The van der Waals surface area contributed by atoms with E-state index in [0.717, 1.165) is 5.69 Å². The van der Waals surface area contributed by atoms with Gasteiger partial charge < -0.3 is 10.1 Å². The van der Waals surface area contributed by atoms with Gasteiger partial charge in [0.15, 0.2) is 0 Å². The molecule has 0 aliphatic heterocycles. The topological polar surface area (TPSA) is 66.0 Å². The van der Waals surface area contributed by atoms with E-state index in [4.69, 9.17) is 5.11 Å². The average molecular weight is 168 g/mol. The Hall–Kier alpha value is -1.32. The molecule has 0 saturated carbocycles. The fourth-order valence-electron chi connectivity index (χ4n) is 1.07. The lowest BCUT2D eigenvalue weighted by atomic mass is 10.0. The number of carboxylic acid groups (broad SMARTS) is 1. The third-order valence-electron chi connectivity index (χ3n) is 1.86. The number of aliphatic carboxylic acids is 1. The van der Waals surface area contributed by atoms with Crippen molar-refractivity contribution < 1.29 is 9.90 Å². The van der Waals surface area contributed by atoms with E-state index in [2.05, 4.69) is 9.97 Å². The average Bonchev–Trinajstić information content (AvgIpc) is 2.51. The summed E-state index contributed by atoms with van der Waals surface area (Å²) in [5, 5.41) is 8.74. The summed E-state index contributed by atoms with van der Waals surface area (Å²) in [5.74, 6) is -1.04. The van der Waals surface area contributed by atoms with Crippen LogP contribution in [0.1, 0.15) is 19.0 Å². The molecule has 1 aromatic heterocycles. The standard InChI is InChI=1S/C8H12N2O2/c1-2-6(8(11)12)3-7-4-9-5-10-7/h4-6H,2-3H2,1H3,(H,9,10)(H,11,12). The SMILES string of the molecule is CCC(Cc1cnc[nH]1)C(=O)O. The van der Waals surface area contributed by atoms with Crippen molar-refractivity contribution in [1.82, 2.24) is 9.97 Å². The van der Waals surface area contributed by atoms with Gasteiger partial charge >= 0.3 is 5.97 Å². The van der Waals surface area contributed by atoms with Gasteiger partial charge in [0.2, 0.25) is 0 Å². The normalized spacial score (nSPS) is 12.8. The first kappa shape index (κ1) is 8.77. The van der Waals surface area contributed by atoms with E-state index in [1.54, 1.807) is 12.5 Å². The number of aromatic amines is 1. The van der Waals surface area contributed by atoms with Crippen molar-refractivity contribution in [3.8, 4) is 0 Å². The number of hydrogen-bond donors (Lipinski definition) is 2. The van der Waals surface area contributed by atoms with Crippen molar-refractivity contribution in [2.24, 2.45) is 5.92 Å². The Morgan fingerprint density at radius 2 is 2.58 bits per heavy atom. The predicted molar refractivity (Wildman–Crippen MR) is 43.7 cm³/mol. The maximum absolute atomic E-state index is 10.6. The number of aromatic nitrogens is 2. The number of carbonyl (C=O) groups is 1. The lowest BCUT2D eigenvalue weighted by Gasteiger charge is -2.06. The molecule has 1 aromatic rings. The van der Waals surface area contributed by atoms with Gasteiger partial charge in [0.25, 0.3) is 0 Å². The van der Waals surface area contributed by atoms with Crippen molar-refractivity contribution in [3.63, 3.8) is 0 Å². The van der Waals surface area contributed by atoms with E-state index in [0.29, 0.717) is 12.8 Å². The van der Waals surface area contributed by atoms with Crippen LogP contribution in [-0.2, 0) is 11.2 Å². The van der Waals surface area contributed by atoms with Gasteiger partial charge in [-0.3, -0.25) is 4.79 Å². The van der Waals surface area contributed by atoms with Gasteiger partial charge in [-0.15, -0.1) is 0 Å². The summed E-state index contributed by atoms with van der Waals surface area (Å²) < 4.78 is 0. The number of nitrogens with zero attached hydrogens (tertiary/aromatic N) is 1. The molecule has 4 heteroatoms. The summed E-state index contributed by atoms with van der Waals surface area (Å²) >= 11 is 0. The Bertz CT molecular complexity index is 244. The first-order valence-corrected chi connectivity index (χ1v) is 3.94. The van der Waals surface area contributed by atoms with Gasteiger partial charge in [-0.2, -0.15) is 0 Å². The molecule has 0 amide bonds. The third-order valence-corrected chi connectivity index (χ3v) is 1.86. The zero-order chi connectivity index (χ0) is 8.97. The van der Waals surface area contributed by atoms with Crippen LogP contribution >= 0.6 is 0 Å². The number of imidazole rings is 1. The van der Waals surface area contributed by atoms with Gasteiger partial charge in [0.1, 0.15) is 0 Å². The number of hydrogen-bond acceptors (Lipinski definition) is 2. The highest BCUT2D eigenvalue weighted by Gasteiger charge is 2.15. The molecule has 1 heterocycles. The summed E-state index contributed by atoms with van der Waals surface area (Å²) in [7, 11) is 0. The Morgan fingerprint density at radius 3 is 3.00 bits per heavy atom. The van der Waals surface area contributed by atoms with E-state index < -0.39 is 5.97 Å². The number of carboxylic acids is 1. The molecular formula is C8H12N2O2. The molecule has 66 valence electrons. The zero-order valence-corrected chi connectivity index (χ0v) is 6.95. The number of nitrogens with one attached hydrogen (secondary N) is 1. The van der Waals surface area contributed by atoms with Crippen LogP contribution in [0.2, 0.25) is 0 Å². The van der Waals surface area contributed by atoms with E-state index in [1.165, 1.54) is 0 Å². The smallest absolute Gasteiger partial charge is 0.306 e. The maximum Gasteiger partial charge on any atom is 0.306 e. The van der Waals surface area contributed by atoms with Crippen LogP contribution in [0.5, 0.6) is 0 Å². The van der Waals surface area contributed by atoms with Gasteiger partial charge in [-0.25, -0.2) is 4.98 Å². The molecule has 1 rings (SSSR count). The monoisotopic (exact) mass is 168 g/mol. The highest BCUT2D eigenvalue weighted by atomic mass is 16.4. The minimum atomic E-state index is -0.743. The third kappa shape index (κ3) is 2.08. The molecule has 2 N–H and O–H groups in total. The van der Waals surface area contributed by atoms with Crippen LogP contribution < -0.4 is 0 Å². The van der Waals surface area contributed by atoms with Gasteiger partial charge in [-0.1, -0.05) is 6.92 Å². The van der Waals surface area contributed by atoms with Gasteiger partial charge in [0.05, 0.1) is 12.2 Å². The minimum absolute atomic E-state index is 0.301. The molecule has 0 radical (unpaired) electrons. The number of H-pyrrole nitrogens is 1. The lowest BCUT2D eigenvalue weighted by Crippen LogP contribution is -2.15. The first-order valence-electron chi connectivity index (χ1n) is 3.94. The Kier molecular flexibility index (Phi) is 2.85. The summed E-state index contributed by atoms with van der Waals surface area (Å²) in [5.41, 5.74) is 0.879. The first-order chi connectivity index (χ1) is 5.74. The van der Waals surface area contributed by atoms with Crippen LogP contribution in [0.25, 0.3) is 0 Å². The van der Waals surface area contributed by atoms with E-state index in [-0.39, 0.29) is 5.92 Å². The highest BCUT2D eigenvalue weighted by Crippen LogP contribution is 2.09. The summed E-state index contributed by atoms with van der Waals surface area (Å²) in [6, 6.07) is 0. The van der Waals surface area contributed by atoms with Gasteiger partial charge in [-0.05, 0) is 6.42 Å².